The van der Waals surface area contributed by atoms with Gasteiger partial charge in [-0.25, -0.2) is 4.39 Å². The highest BCUT2D eigenvalue weighted by Gasteiger charge is 2.21. The molecule has 9 heteroatoms. The zero-order chi connectivity index (χ0) is 26.9. The second-order valence-corrected chi connectivity index (χ2v) is 9.27. The third-order valence-corrected chi connectivity index (χ3v) is 6.74. The SMILES string of the molecule is CCC(=O)Nc1cncc(-c2cnc3c(c2)C(c2cc4c(-c5cc(F)cc(OC)c5)cncc4[nH]2)=NCC3)c1. The number of hydrogen-bond donors (Lipinski definition) is 2. The Balaban J connectivity index is 1.41. The van der Waals surface area contributed by atoms with E-state index in [1.807, 2.05) is 18.3 Å². The van der Waals surface area contributed by atoms with Gasteiger partial charge in [0.25, 0.3) is 0 Å². The molecule has 0 saturated carbocycles. The van der Waals surface area contributed by atoms with Gasteiger partial charge in [-0.15, -0.1) is 0 Å². The van der Waals surface area contributed by atoms with Crippen LogP contribution in [0.15, 0.2) is 72.4 Å². The molecule has 1 amide bonds. The fourth-order valence-electron chi connectivity index (χ4n) is 4.80. The lowest BCUT2D eigenvalue weighted by atomic mass is 9.96. The molecule has 0 saturated heterocycles. The summed E-state index contributed by atoms with van der Waals surface area (Å²) in [5, 5.41) is 3.75. The standard InChI is InChI=1S/C30H25FN6O2/c1-3-29(38)36-21-7-18(12-32-14-21)19-9-24-26(35-13-19)4-5-34-30(24)27-11-23-25(15-33-16-28(23)37-27)17-6-20(31)10-22(8-17)39-2/h6-16,37H,3-5H2,1-2H3,(H,36,38). The van der Waals surface area contributed by atoms with Crippen LogP contribution in [0.4, 0.5) is 10.1 Å². The van der Waals surface area contributed by atoms with Crippen molar-refractivity contribution in [2.24, 2.45) is 4.99 Å². The number of carbonyl (C=O) groups is 1. The van der Waals surface area contributed by atoms with Crippen LogP contribution in [-0.4, -0.2) is 45.2 Å². The smallest absolute Gasteiger partial charge is 0.224 e. The van der Waals surface area contributed by atoms with E-state index in [0.29, 0.717) is 30.0 Å². The molecular weight excluding hydrogens is 495 g/mol. The van der Waals surface area contributed by atoms with Crippen molar-refractivity contribution in [3.63, 3.8) is 0 Å². The van der Waals surface area contributed by atoms with Gasteiger partial charge in [-0.3, -0.25) is 24.7 Å². The number of halogens is 1. The Bertz CT molecular complexity index is 1760. The van der Waals surface area contributed by atoms with Crippen LogP contribution >= 0.6 is 0 Å². The molecule has 8 nitrogen and oxygen atoms in total. The van der Waals surface area contributed by atoms with Crippen LogP contribution in [0.25, 0.3) is 33.2 Å². The van der Waals surface area contributed by atoms with Crippen molar-refractivity contribution in [2.45, 2.75) is 19.8 Å². The number of ether oxygens (including phenoxy) is 1. The topological polar surface area (TPSA) is 105 Å². The van der Waals surface area contributed by atoms with Crippen molar-refractivity contribution < 1.29 is 13.9 Å². The van der Waals surface area contributed by atoms with E-state index >= 15 is 0 Å². The third kappa shape index (κ3) is 4.74. The van der Waals surface area contributed by atoms with Gasteiger partial charge in [0.1, 0.15) is 11.6 Å². The quantitative estimate of drug-likeness (QED) is 0.304. The molecular formula is C30H25FN6O2. The van der Waals surface area contributed by atoms with Crippen LogP contribution in [0.3, 0.4) is 0 Å². The Labute approximate surface area is 224 Å². The van der Waals surface area contributed by atoms with Crippen LogP contribution in [0.1, 0.15) is 30.3 Å². The minimum atomic E-state index is -0.380. The van der Waals surface area contributed by atoms with Crippen LogP contribution in [0.2, 0.25) is 0 Å². The molecule has 5 aromatic rings. The van der Waals surface area contributed by atoms with E-state index in [1.165, 1.54) is 19.2 Å². The number of aliphatic imine (C=N–C) groups is 1. The number of nitrogens with zero attached hydrogens (tertiary/aromatic N) is 4. The summed E-state index contributed by atoms with van der Waals surface area (Å²) in [4.78, 5) is 33.6. The first-order valence-electron chi connectivity index (χ1n) is 12.6. The van der Waals surface area contributed by atoms with E-state index in [9.17, 15) is 9.18 Å². The number of hydrogen-bond acceptors (Lipinski definition) is 6. The summed E-state index contributed by atoms with van der Waals surface area (Å²) in [5.74, 6) is -0.0137. The number of anilines is 1. The Morgan fingerprint density at radius 2 is 1.82 bits per heavy atom. The third-order valence-electron chi connectivity index (χ3n) is 6.74. The molecule has 0 bridgehead atoms. The number of carbonyl (C=O) groups excluding carboxylic acids is 1. The van der Waals surface area contributed by atoms with Crippen molar-refractivity contribution in [1.82, 2.24) is 19.9 Å². The molecule has 0 atom stereocenters. The average Bonchev–Trinajstić information content (AvgIpc) is 3.40. The van der Waals surface area contributed by atoms with Gasteiger partial charge in [0.15, 0.2) is 0 Å². The lowest BCUT2D eigenvalue weighted by molar-refractivity contribution is -0.115. The lowest BCUT2D eigenvalue weighted by Crippen LogP contribution is -2.16. The van der Waals surface area contributed by atoms with Crippen molar-refractivity contribution in [2.75, 3.05) is 19.0 Å². The molecule has 2 N–H and O–H groups in total. The van der Waals surface area contributed by atoms with Gasteiger partial charge in [0, 0.05) is 71.7 Å². The van der Waals surface area contributed by atoms with Crippen molar-refractivity contribution in [3.05, 3.63) is 90.2 Å². The zero-order valence-corrected chi connectivity index (χ0v) is 21.5. The number of rotatable bonds is 6. The van der Waals surface area contributed by atoms with Gasteiger partial charge in [0.2, 0.25) is 5.91 Å². The molecule has 0 spiro atoms. The highest BCUT2D eigenvalue weighted by molar-refractivity contribution is 6.16. The summed E-state index contributed by atoms with van der Waals surface area (Å²) in [6, 6.07) is 10.6. The molecule has 0 radical (unpaired) electrons. The van der Waals surface area contributed by atoms with Gasteiger partial charge in [0.05, 0.1) is 47.8 Å². The van der Waals surface area contributed by atoms with Gasteiger partial charge in [-0.1, -0.05) is 6.92 Å². The number of aromatic nitrogens is 4. The highest BCUT2D eigenvalue weighted by Crippen LogP contribution is 2.33. The summed E-state index contributed by atoms with van der Waals surface area (Å²) < 4.78 is 19.6. The second kappa shape index (κ2) is 10.1. The summed E-state index contributed by atoms with van der Waals surface area (Å²) in [6.07, 6.45) is 9.80. The van der Waals surface area contributed by atoms with Gasteiger partial charge in [-0.05, 0) is 35.9 Å². The number of amides is 1. The van der Waals surface area contributed by atoms with Gasteiger partial charge >= 0.3 is 0 Å². The summed E-state index contributed by atoms with van der Waals surface area (Å²) >= 11 is 0. The maximum Gasteiger partial charge on any atom is 0.224 e. The van der Waals surface area contributed by atoms with Gasteiger partial charge in [-0.2, -0.15) is 0 Å². The van der Waals surface area contributed by atoms with Crippen LogP contribution in [-0.2, 0) is 11.2 Å². The molecule has 0 fully saturated rings. The first-order valence-corrected chi connectivity index (χ1v) is 12.6. The number of benzene rings is 1. The van der Waals surface area contributed by atoms with Crippen LogP contribution in [0.5, 0.6) is 5.75 Å². The molecule has 1 aliphatic rings. The molecule has 0 unspecified atom stereocenters. The highest BCUT2D eigenvalue weighted by atomic mass is 19.1. The minimum Gasteiger partial charge on any atom is -0.497 e. The maximum atomic E-state index is 14.3. The van der Waals surface area contributed by atoms with E-state index in [1.54, 1.807) is 37.8 Å². The normalized spacial score (nSPS) is 12.6. The molecule has 5 heterocycles. The van der Waals surface area contributed by atoms with Crippen LogP contribution in [0, 0.1) is 5.82 Å². The molecule has 194 valence electrons. The van der Waals surface area contributed by atoms with E-state index in [2.05, 4.69) is 26.3 Å². The van der Waals surface area contributed by atoms with Crippen molar-refractivity contribution >= 4 is 28.2 Å². The number of nitrogens with one attached hydrogen (secondary N) is 2. The predicted molar refractivity (Wildman–Crippen MR) is 149 cm³/mol. The van der Waals surface area contributed by atoms with E-state index in [4.69, 9.17) is 14.7 Å². The number of fused-ring (bicyclic) bond motifs is 2. The number of pyridine rings is 3. The molecule has 0 aliphatic carbocycles. The Kier molecular flexibility index (Phi) is 6.32. The monoisotopic (exact) mass is 520 g/mol. The van der Waals surface area contributed by atoms with E-state index in [0.717, 1.165) is 56.7 Å². The Morgan fingerprint density at radius 1 is 0.974 bits per heavy atom. The first-order chi connectivity index (χ1) is 19.0. The Hall–Kier alpha value is -4.92. The molecule has 4 aromatic heterocycles. The van der Waals surface area contributed by atoms with E-state index in [-0.39, 0.29) is 11.7 Å². The number of aromatic amines is 1. The molecule has 39 heavy (non-hydrogen) atoms. The summed E-state index contributed by atoms with van der Waals surface area (Å²) in [5.41, 5.74) is 8.12. The van der Waals surface area contributed by atoms with E-state index < -0.39 is 0 Å². The maximum absolute atomic E-state index is 14.3. The first kappa shape index (κ1) is 24.4. The number of H-pyrrole nitrogens is 1. The fourth-order valence-corrected chi connectivity index (χ4v) is 4.80. The minimum absolute atomic E-state index is 0.0729. The molecule has 1 aromatic carbocycles. The lowest BCUT2D eigenvalue weighted by Gasteiger charge is -2.17. The van der Waals surface area contributed by atoms with Crippen molar-refractivity contribution in [3.8, 4) is 28.0 Å². The van der Waals surface area contributed by atoms with Crippen LogP contribution < -0.4 is 10.1 Å². The summed E-state index contributed by atoms with van der Waals surface area (Å²) in [7, 11) is 1.51. The second-order valence-electron chi connectivity index (χ2n) is 9.27. The zero-order valence-electron chi connectivity index (χ0n) is 21.5. The molecule has 6 rings (SSSR count). The summed E-state index contributed by atoms with van der Waals surface area (Å²) in [6.45, 7) is 2.43. The average molecular weight is 521 g/mol. The van der Waals surface area contributed by atoms with Gasteiger partial charge < -0.3 is 15.0 Å². The molecule has 1 aliphatic heterocycles. The number of methoxy groups -OCH3 is 1. The fraction of sp³-hybridized carbons (Fsp3) is 0.167. The Morgan fingerprint density at radius 3 is 2.67 bits per heavy atom. The van der Waals surface area contributed by atoms with Crippen molar-refractivity contribution in [1.29, 1.82) is 0 Å². The largest absolute Gasteiger partial charge is 0.497 e. The predicted octanol–water partition coefficient (Wildman–Crippen LogP) is 5.58.